The summed E-state index contributed by atoms with van der Waals surface area (Å²) in [5.74, 6) is -4.19. The maximum Gasteiger partial charge on any atom is 0.305 e. The lowest BCUT2D eigenvalue weighted by molar-refractivity contribution is -0.153. The van der Waals surface area contributed by atoms with E-state index in [9.17, 15) is 42.2 Å². The minimum Gasteiger partial charge on any atom is -0.481 e. The van der Waals surface area contributed by atoms with E-state index in [-0.39, 0.29) is 30.8 Å². The molecule has 2 amide bonds. The fourth-order valence-electron chi connectivity index (χ4n) is 5.65. The van der Waals surface area contributed by atoms with Gasteiger partial charge in [0.1, 0.15) is 24.1 Å². The van der Waals surface area contributed by atoms with E-state index < -0.39 is 70.7 Å². The molecule has 0 bridgehead atoms. The molecule has 13 heteroatoms. The SMILES string of the molecule is O=C(O)CC[C@H]1C(=O)N2[C@@H](Cc3ccc(F)cc3)C(=O)N(CCC(=O)O)C[C@@H]2N1S(=O)(=O)c1ccc2ccccc2c1. The van der Waals surface area contributed by atoms with Crippen LogP contribution in [0.1, 0.15) is 24.8 Å². The molecule has 0 aromatic heterocycles. The average molecular weight is 598 g/mol. The van der Waals surface area contributed by atoms with Crippen molar-refractivity contribution in [2.75, 3.05) is 13.1 Å². The number of carbonyl (C=O) groups excluding carboxylic acids is 2. The van der Waals surface area contributed by atoms with Crippen LogP contribution in [0.2, 0.25) is 0 Å². The number of benzene rings is 3. The van der Waals surface area contributed by atoms with Crippen LogP contribution >= 0.6 is 0 Å². The second-order valence-corrected chi connectivity index (χ2v) is 12.1. The Balaban J connectivity index is 1.60. The van der Waals surface area contributed by atoms with Gasteiger partial charge in [-0.2, -0.15) is 4.31 Å². The number of sulfonamides is 1. The summed E-state index contributed by atoms with van der Waals surface area (Å²) in [4.78, 5) is 52.7. The van der Waals surface area contributed by atoms with Crippen molar-refractivity contribution in [3.8, 4) is 0 Å². The van der Waals surface area contributed by atoms with E-state index >= 15 is 0 Å². The molecule has 5 rings (SSSR count). The zero-order chi connectivity index (χ0) is 30.2. The number of hydrogen-bond acceptors (Lipinski definition) is 6. The molecule has 2 heterocycles. The molecule has 2 aliphatic rings. The van der Waals surface area contributed by atoms with E-state index in [2.05, 4.69) is 0 Å². The van der Waals surface area contributed by atoms with Crippen LogP contribution in [0.25, 0.3) is 10.8 Å². The van der Waals surface area contributed by atoms with Crippen LogP contribution in [0.3, 0.4) is 0 Å². The fourth-order valence-corrected chi connectivity index (χ4v) is 7.43. The Morgan fingerprint density at radius 1 is 0.857 bits per heavy atom. The number of carbonyl (C=O) groups is 4. The molecule has 2 fully saturated rings. The number of carboxylic acid groups (broad SMARTS) is 2. The second-order valence-electron chi connectivity index (χ2n) is 10.3. The predicted molar refractivity (Wildman–Crippen MR) is 147 cm³/mol. The summed E-state index contributed by atoms with van der Waals surface area (Å²) in [6.07, 6.45) is -2.54. The van der Waals surface area contributed by atoms with E-state index in [0.717, 1.165) is 9.69 Å². The Kier molecular flexibility index (Phi) is 7.97. The fraction of sp³-hybridized carbons (Fsp3) is 0.310. The van der Waals surface area contributed by atoms with Crippen molar-refractivity contribution in [1.29, 1.82) is 0 Å². The Hall–Kier alpha value is -4.36. The number of piperazine rings is 1. The lowest BCUT2D eigenvalue weighted by atomic mass is 10.00. The summed E-state index contributed by atoms with van der Waals surface area (Å²) in [5.41, 5.74) is 0.499. The molecule has 0 aliphatic carbocycles. The first kappa shape index (κ1) is 29.1. The summed E-state index contributed by atoms with van der Waals surface area (Å²) in [6, 6.07) is 14.3. The van der Waals surface area contributed by atoms with Crippen LogP contribution in [-0.2, 0) is 35.6 Å². The molecular formula is C29H28FN3O8S. The van der Waals surface area contributed by atoms with Crippen LogP contribution in [0.5, 0.6) is 0 Å². The number of hydrogen-bond donors (Lipinski definition) is 2. The van der Waals surface area contributed by atoms with E-state index in [1.54, 1.807) is 18.2 Å². The van der Waals surface area contributed by atoms with Crippen LogP contribution < -0.4 is 0 Å². The quantitative estimate of drug-likeness (QED) is 0.361. The summed E-state index contributed by atoms with van der Waals surface area (Å²) in [5, 5.41) is 20.1. The van der Waals surface area contributed by atoms with Gasteiger partial charge in [-0.1, -0.05) is 42.5 Å². The van der Waals surface area contributed by atoms with Gasteiger partial charge in [0.05, 0.1) is 17.9 Å². The van der Waals surface area contributed by atoms with E-state index in [0.29, 0.717) is 10.9 Å². The summed E-state index contributed by atoms with van der Waals surface area (Å²) >= 11 is 0. The molecule has 3 atom stereocenters. The molecule has 11 nitrogen and oxygen atoms in total. The third kappa shape index (κ3) is 5.57. The number of amides is 2. The highest BCUT2D eigenvalue weighted by molar-refractivity contribution is 7.89. The van der Waals surface area contributed by atoms with Gasteiger partial charge in [0, 0.05) is 19.4 Å². The van der Waals surface area contributed by atoms with Gasteiger partial charge in [0.15, 0.2) is 0 Å². The number of carboxylic acids is 2. The van der Waals surface area contributed by atoms with Crippen molar-refractivity contribution in [2.24, 2.45) is 0 Å². The molecule has 42 heavy (non-hydrogen) atoms. The summed E-state index contributed by atoms with van der Waals surface area (Å²) in [7, 11) is -4.43. The lowest BCUT2D eigenvalue weighted by Gasteiger charge is -2.44. The smallest absolute Gasteiger partial charge is 0.305 e. The first-order valence-corrected chi connectivity index (χ1v) is 14.7. The molecule has 0 spiro atoms. The third-order valence-corrected chi connectivity index (χ3v) is 9.55. The highest BCUT2D eigenvalue weighted by atomic mass is 32.2. The molecule has 0 saturated carbocycles. The van der Waals surface area contributed by atoms with Crippen LogP contribution in [0.15, 0.2) is 71.6 Å². The topological polar surface area (TPSA) is 153 Å². The first-order valence-electron chi connectivity index (χ1n) is 13.3. The maximum atomic E-state index is 14.3. The van der Waals surface area contributed by atoms with Crippen LogP contribution in [-0.4, -0.2) is 87.8 Å². The first-order chi connectivity index (χ1) is 20.0. The van der Waals surface area contributed by atoms with E-state index in [1.165, 1.54) is 46.2 Å². The molecule has 2 saturated heterocycles. The Morgan fingerprint density at radius 3 is 2.19 bits per heavy atom. The average Bonchev–Trinajstić information content (AvgIpc) is 3.24. The predicted octanol–water partition coefficient (Wildman–Crippen LogP) is 2.30. The molecule has 220 valence electrons. The number of halogens is 1. The van der Waals surface area contributed by atoms with E-state index in [4.69, 9.17) is 0 Å². The Morgan fingerprint density at radius 2 is 1.52 bits per heavy atom. The van der Waals surface area contributed by atoms with Crippen molar-refractivity contribution in [1.82, 2.24) is 14.1 Å². The minimum atomic E-state index is -4.43. The highest BCUT2D eigenvalue weighted by Gasteiger charge is 2.58. The van der Waals surface area contributed by atoms with Gasteiger partial charge >= 0.3 is 11.9 Å². The van der Waals surface area contributed by atoms with Gasteiger partial charge in [-0.15, -0.1) is 0 Å². The molecule has 0 unspecified atom stereocenters. The van der Waals surface area contributed by atoms with Gasteiger partial charge in [-0.3, -0.25) is 19.2 Å². The normalized spacial score (nSPS) is 21.1. The molecule has 2 aliphatic heterocycles. The maximum absolute atomic E-state index is 14.3. The van der Waals surface area contributed by atoms with Crippen molar-refractivity contribution < 1.29 is 42.2 Å². The van der Waals surface area contributed by atoms with Gasteiger partial charge in [-0.05, 0) is 47.0 Å². The third-order valence-electron chi connectivity index (χ3n) is 7.64. The zero-order valence-corrected chi connectivity index (χ0v) is 23.1. The molecule has 3 aromatic rings. The van der Waals surface area contributed by atoms with Gasteiger partial charge in [0.25, 0.3) is 0 Å². The summed E-state index contributed by atoms with van der Waals surface area (Å²) < 4.78 is 43.1. The minimum absolute atomic E-state index is 0.0829. The number of nitrogens with zero attached hydrogens (tertiary/aromatic N) is 3. The van der Waals surface area contributed by atoms with Crippen molar-refractivity contribution in [2.45, 2.75) is 48.8 Å². The standard InChI is InChI=1S/C29H28FN3O8S/c30-21-8-5-18(6-9-21)15-24-28(38)31(14-13-27(36)37)17-25-32(24)29(39)23(11-12-26(34)35)33(25)42(40,41)22-10-7-19-3-1-2-4-20(19)16-22/h1-10,16,23-25H,11-15,17H2,(H,34,35)(H,36,37)/t23-,24-,25-/m0/s1. The second kappa shape index (κ2) is 11.5. The van der Waals surface area contributed by atoms with Crippen molar-refractivity contribution in [3.63, 3.8) is 0 Å². The zero-order valence-electron chi connectivity index (χ0n) is 22.3. The van der Waals surface area contributed by atoms with Gasteiger partial charge in [0.2, 0.25) is 21.8 Å². The van der Waals surface area contributed by atoms with Crippen molar-refractivity contribution in [3.05, 3.63) is 78.1 Å². The molecule has 0 radical (unpaired) electrons. The molecular weight excluding hydrogens is 569 g/mol. The Labute approximate surface area is 240 Å². The van der Waals surface area contributed by atoms with Crippen LogP contribution in [0, 0.1) is 5.82 Å². The van der Waals surface area contributed by atoms with Crippen molar-refractivity contribution >= 4 is 44.5 Å². The van der Waals surface area contributed by atoms with E-state index in [1.807, 2.05) is 12.1 Å². The number of aliphatic carboxylic acids is 2. The lowest BCUT2D eigenvalue weighted by Crippen LogP contribution is -2.64. The monoisotopic (exact) mass is 597 g/mol. The molecule has 3 aromatic carbocycles. The van der Waals surface area contributed by atoms with Gasteiger partial charge in [-0.25, -0.2) is 12.8 Å². The Bertz CT molecular complexity index is 1660. The van der Waals surface area contributed by atoms with Gasteiger partial charge < -0.3 is 20.0 Å². The number of fused-ring (bicyclic) bond motifs is 2. The van der Waals surface area contributed by atoms with Crippen LogP contribution in [0.4, 0.5) is 4.39 Å². The summed E-state index contributed by atoms with van der Waals surface area (Å²) in [6.45, 7) is -0.523. The molecule has 2 N–H and O–H groups in total. The largest absolute Gasteiger partial charge is 0.481 e. The number of rotatable bonds is 10. The highest BCUT2D eigenvalue weighted by Crippen LogP contribution is 2.37.